The summed E-state index contributed by atoms with van der Waals surface area (Å²) in [6.07, 6.45) is 0.447. The third-order valence-corrected chi connectivity index (χ3v) is 5.87. The van der Waals surface area contributed by atoms with Gasteiger partial charge in [0.15, 0.2) is 9.84 Å². The second-order valence-electron chi connectivity index (χ2n) is 6.68. The summed E-state index contributed by atoms with van der Waals surface area (Å²) in [5.41, 5.74) is 0.969. The van der Waals surface area contributed by atoms with Crippen LogP contribution in [0.25, 0.3) is 0 Å². The van der Waals surface area contributed by atoms with Gasteiger partial charge in [0.05, 0.1) is 43.0 Å². The normalized spacial score (nSPS) is 28.3. The fraction of sp³-hybridized carbons (Fsp3) is 0.647. The molecule has 2 fully saturated rings. The highest BCUT2D eigenvalue weighted by Crippen LogP contribution is 2.17. The molecule has 1 aromatic carbocycles. The van der Waals surface area contributed by atoms with E-state index in [0.717, 1.165) is 31.9 Å². The first-order valence-electron chi connectivity index (χ1n) is 8.55. The maximum absolute atomic E-state index is 11.5. The van der Waals surface area contributed by atoms with Crippen LogP contribution in [-0.4, -0.2) is 82.4 Å². The van der Waals surface area contributed by atoms with E-state index in [2.05, 4.69) is 10.2 Å². The Bertz CT molecular complexity index is 658. The summed E-state index contributed by atoms with van der Waals surface area (Å²) in [6.45, 7) is 4.94. The summed E-state index contributed by atoms with van der Waals surface area (Å²) < 4.78 is 34.0. The summed E-state index contributed by atoms with van der Waals surface area (Å²) >= 11 is 0. The van der Waals surface area contributed by atoms with E-state index in [0.29, 0.717) is 24.6 Å². The van der Waals surface area contributed by atoms with Gasteiger partial charge in [-0.25, -0.2) is 8.42 Å². The Kier molecular flexibility index (Phi) is 6.08. The van der Waals surface area contributed by atoms with Crippen molar-refractivity contribution < 1.29 is 23.0 Å². The van der Waals surface area contributed by atoms with Crippen molar-refractivity contribution >= 4 is 9.84 Å². The third kappa shape index (κ3) is 4.99. The first kappa shape index (κ1) is 18.8. The summed E-state index contributed by atoms with van der Waals surface area (Å²) in [4.78, 5) is 2.56. The number of hydrogen-bond donors (Lipinski definition) is 2. The lowest BCUT2D eigenvalue weighted by Gasteiger charge is -2.30. The Balaban J connectivity index is 1.48. The highest BCUT2D eigenvalue weighted by molar-refractivity contribution is 7.90. The number of nitrogens with zero attached hydrogens (tertiary/aromatic N) is 1. The predicted octanol–water partition coefficient (Wildman–Crippen LogP) is -0.360. The van der Waals surface area contributed by atoms with Crippen molar-refractivity contribution in [3.8, 4) is 0 Å². The van der Waals surface area contributed by atoms with Gasteiger partial charge in [0.25, 0.3) is 0 Å². The van der Waals surface area contributed by atoms with Gasteiger partial charge in [0.1, 0.15) is 0 Å². The first-order chi connectivity index (χ1) is 11.9. The van der Waals surface area contributed by atoms with Crippen LogP contribution in [0.1, 0.15) is 5.56 Å². The van der Waals surface area contributed by atoms with Gasteiger partial charge >= 0.3 is 0 Å². The van der Waals surface area contributed by atoms with Crippen LogP contribution >= 0.6 is 0 Å². The van der Waals surface area contributed by atoms with Crippen molar-refractivity contribution in [2.24, 2.45) is 0 Å². The van der Waals surface area contributed by atoms with E-state index in [1.165, 1.54) is 6.26 Å². The van der Waals surface area contributed by atoms with Gasteiger partial charge in [-0.2, -0.15) is 0 Å². The zero-order valence-corrected chi connectivity index (χ0v) is 15.2. The van der Waals surface area contributed by atoms with E-state index in [1.54, 1.807) is 24.3 Å². The molecule has 0 aromatic heterocycles. The molecule has 2 heterocycles. The molecular weight excluding hydrogens is 344 g/mol. The maximum Gasteiger partial charge on any atom is 0.175 e. The van der Waals surface area contributed by atoms with Crippen LogP contribution in [0.2, 0.25) is 0 Å². The summed E-state index contributed by atoms with van der Waals surface area (Å²) in [5, 5.41) is 13.8. The standard InChI is InChI=1S/C17H26N2O5S/c1-25(21,22)14-4-2-13(3-5-14)10-18-15-12-24-16(17(15)20)11-19-6-8-23-9-7-19/h2-5,15-18,20H,6-12H2,1H3/t15-,16-,17+/m0/s1. The van der Waals surface area contributed by atoms with Crippen molar-refractivity contribution in [2.75, 3.05) is 45.7 Å². The molecule has 7 nitrogen and oxygen atoms in total. The van der Waals surface area contributed by atoms with Gasteiger partial charge < -0.3 is 19.9 Å². The average Bonchev–Trinajstić information content (AvgIpc) is 2.94. The van der Waals surface area contributed by atoms with Crippen molar-refractivity contribution in [3.63, 3.8) is 0 Å². The average molecular weight is 370 g/mol. The molecule has 3 rings (SSSR count). The maximum atomic E-state index is 11.5. The monoisotopic (exact) mass is 370 g/mol. The Hall–Kier alpha value is -1.03. The predicted molar refractivity (Wildman–Crippen MR) is 93.2 cm³/mol. The number of hydrogen-bond acceptors (Lipinski definition) is 7. The van der Waals surface area contributed by atoms with Gasteiger partial charge in [-0.05, 0) is 17.7 Å². The van der Waals surface area contributed by atoms with Crippen molar-refractivity contribution in [1.29, 1.82) is 0 Å². The summed E-state index contributed by atoms with van der Waals surface area (Å²) in [5.74, 6) is 0. The fourth-order valence-electron chi connectivity index (χ4n) is 3.17. The highest BCUT2D eigenvalue weighted by atomic mass is 32.2. The third-order valence-electron chi connectivity index (χ3n) is 4.74. The van der Waals surface area contributed by atoms with E-state index < -0.39 is 15.9 Å². The largest absolute Gasteiger partial charge is 0.389 e. The Morgan fingerprint density at radius 2 is 1.92 bits per heavy atom. The molecule has 2 N–H and O–H groups in total. The zero-order valence-electron chi connectivity index (χ0n) is 14.4. The lowest BCUT2D eigenvalue weighted by molar-refractivity contribution is -0.0181. The quantitative estimate of drug-likeness (QED) is 0.707. The van der Waals surface area contributed by atoms with Crippen LogP contribution < -0.4 is 5.32 Å². The molecule has 2 saturated heterocycles. The Morgan fingerprint density at radius 1 is 1.24 bits per heavy atom. The van der Waals surface area contributed by atoms with Crippen LogP contribution in [-0.2, 0) is 25.9 Å². The molecular formula is C17H26N2O5S. The summed E-state index contributed by atoms with van der Waals surface area (Å²) in [7, 11) is -3.17. The van der Waals surface area contributed by atoms with Gasteiger partial charge in [-0.15, -0.1) is 0 Å². The van der Waals surface area contributed by atoms with Gasteiger partial charge in [0, 0.05) is 32.4 Å². The molecule has 0 unspecified atom stereocenters. The highest BCUT2D eigenvalue weighted by Gasteiger charge is 2.36. The van der Waals surface area contributed by atoms with Crippen LogP contribution in [0.15, 0.2) is 29.2 Å². The number of aliphatic hydroxyl groups excluding tert-OH is 1. The lowest BCUT2D eigenvalue weighted by Crippen LogP contribution is -2.47. The molecule has 8 heteroatoms. The molecule has 2 aliphatic rings. The molecule has 1 aromatic rings. The molecule has 0 saturated carbocycles. The second kappa shape index (κ2) is 8.11. The Morgan fingerprint density at radius 3 is 2.56 bits per heavy atom. The minimum atomic E-state index is -3.17. The number of nitrogens with one attached hydrogen (secondary N) is 1. The molecule has 0 aliphatic carbocycles. The molecule has 3 atom stereocenters. The van der Waals surface area contributed by atoms with Crippen LogP contribution in [0.4, 0.5) is 0 Å². The van der Waals surface area contributed by atoms with Crippen LogP contribution in [0, 0.1) is 0 Å². The minimum absolute atomic E-state index is 0.124. The molecule has 140 valence electrons. The van der Waals surface area contributed by atoms with Gasteiger partial charge in [-0.1, -0.05) is 12.1 Å². The topological polar surface area (TPSA) is 88.1 Å². The number of ether oxygens (including phenoxy) is 2. The Labute approximate surface area is 148 Å². The van der Waals surface area contributed by atoms with Gasteiger partial charge in [-0.3, -0.25) is 4.90 Å². The number of rotatable bonds is 6. The number of morpholine rings is 1. The second-order valence-corrected chi connectivity index (χ2v) is 8.69. The number of benzene rings is 1. The molecule has 0 bridgehead atoms. The molecule has 0 radical (unpaired) electrons. The van der Waals surface area contributed by atoms with E-state index >= 15 is 0 Å². The van der Waals surface area contributed by atoms with Gasteiger partial charge in [0.2, 0.25) is 0 Å². The molecule has 25 heavy (non-hydrogen) atoms. The number of aliphatic hydroxyl groups is 1. The molecule has 0 amide bonds. The number of sulfone groups is 1. The van der Waals surface area contributed by atoms with Crippen LogP contribution in [0.3, 0.4) is 0 Å². The first-order valence-corrected chi connectivity index (χ1v) is 10.4. The van der Waals surface area contributed by atoms with Crippen molar-refractivity contribution in [2.45, 2.75) is 29.7 Å². The summed E-state index contributed by atoms with van der Waals surface area (Å²) in [6, 6.07) is 6.67. The van der Waals surface area contributed by atoms with E-state index in [9.17, 15) is 13.5 Å². The smallest absolute Gasteiger partial charge is 0.175 e. The minimum Gasteiger partial charge on any atom is -0.389 e. The SMILES string of the molecule is CS(=O)(=O)c1ccc(CN[C@H]2CO[C@@H](CN3CCOCC3)[C@@H]2O)cc1. The van der Waals surface area contributed by atoms with Crippen LogP contribution in [0.5, 0.6) is 0 Å². The van der Waals surface area contributed by atoms with E-state index in [1.807, 2.05) is 0 Å². The van der Waals surface area contributed by atoms with E-state index in [-0.39, 0.29) is 12.1 Å². The molecule has 2 aliphatic heterocycles. The lowest BCUT2D eigenvalue weighted by atomic mass is 10.1. The molecule has 0 spiro atoms. The fourth-order valence-corrected chi connectivity index (χ4v) is 3.80. The van der Waals surface area contributed by atoms with Crippen molar-refractivity contribution in [3.05, 3.63) is 29.8 Å². The van der Waals surface area contributed by atoms with E-state index in [4.69, 9.17) is 9.47 Å². The zero-order chi connectivity index (χ0) is 17.9. The van der Waals surface area contributed by atoms with Crippen molar-refractivity contribution in [1.82, 2.24) is 10.2 Å².